The Hall–Kier alpha value is -1.48. The molecule has 0 unspecified atom stereocenters. The van der Waals surface area contributed by atoms with Crippen molar-refractivity contribution in [2.45, 2.75) is 6.92 Å². The summed E-state index contributed by atoms with van der Waals surface area (Å²) in [4.78, 5) is 5.57. The van der Waals surface area contributed by atoms with Gasteiger partial charge in [0, 0.05) is 0 Å². The number of hydrazone groups is 1. The minimum absolute atomic E-state index is 0.559. The van der Waals surface area contributed by atoms with Crippen LogP contribution in [0.3, 0.4) is 0 Å². The fourth-order valence-corrected chi connectivity index (χ4v) is 1.33. The van der Waals surface area contributed by atoms with Crippen LogP contribution in [-0.4, -0.2) is 17.9 Å². The summed E-state index contributed by atoms with van der Waals surface area (Å²) in [5.74, 6) is 0.807. The van der Waals surface area contributed by atoms with Crippen molar-refractivity contribution in [3.05, 3.63) is 40.9 Å². The minimum atomic E-state index is 0.559. The van der Waals surface area contributed by atoms with Crippen molar-refractivity contribution in [3.8, 4) is 5.75 Å². The van der Waals surface area contributed by atoms with Crippen molar-refractivity contribution in [1.82, 2.24) is 5.17 Å². The SMILES string of the molecule is Cc1ccccc1ON1CC=C(Cl)C=N1. The van der Waals surface area contributed by atoms with Crippen molar-refractivity contribution < 1.29 is 4.84 Å². The molecule has 0 saturated heterocycles. The van der Waals surface area contributed by atoms with E-state index in [1.54, 1.807) is 6.21 Å². The van der Waals surface area contributed by atoms with Crippen LogP contribution < -0.4 is 4.84 Å². The summed E-state index contributed by atoms with van der Waals surface area (Å²) in [5, 5.41) is 6.17. The van der Waals surface area contributed by atoms with E-state index in [4.69, 9.17) is 16.4 Å². The van der Waals surface area contributed by atoms with E-state index < -0.39 is 0 Å². The molecule has 78 valence electrons. The minimum Gasteiger partial charge on any atom is -0.362 e. The van der Waals surface area contributed by atoms with Gasteiger partial charge in [0.2, 0.25) is 0 Å². The van der Waals surface area contributed by atoms with Crippen LogP contribution >= 0.6 is 11.6 Å². The van der Waals surface area contributed by atoms with Gasteiger partial charge in [0.15, 0.2) is 5.75 Å². The lowest BCUT2D eigenvalue weighted by atomic mass is 10.2. The Bertz CT molecular complexity index is 415. The molecule has 0 fully saturated rings. The maximum Gasteiger partial charge on any atom is 0.160 e. The van der Waals surface area contributed by atoms with E-state index in [-0.39, 0.29) is 0 Å². The summed E-state index contributed by atoms with van der Waals surface area (Å²) in [7, 11) is 0. The lowest BCUT2D eigenvalue weighted by Gasteiger charge is -2.20. The molecule has 0 radical (unpaired) electrons. The van der Waals surface area contributed by atoms with Gasteiger partial charge in [0.25, 0.3) is 0 Å². The zero-order valence-corrected chi connectivity index (χ0v) is 9.11. The Morgan fingerprint density at radius 1 is 1.40 bits per heavy atom. The number of para-hydroxylation sites is 1. The van der Waals surface area contributed by atoms with E-state index in [0.717, 1.165) is 11.3 Å². The van der Waals surface area contributed by atoms with Crippen LogP contribution in [0.25, 0.3) is 0 Å². The molecule has 0 bridgehead atoms. The lowest BCUT2D eigenvalue weighted by Crippen LogP contribution is -2.24. The summed E-state index contributed by atoms with van der Waals surface area (Å²) in [6.07, 6.45) is 3.40. The number of halogens is 1. The molecule has 1 aromatic rings. The summed E-state index contributed by atoms with van der Waals surface area (Å²) in [5.41, 5.74) is 1.08. The molecule has 4 heteroatoms. The van der Waals surface area contributed by atoms with Gasteiger partial charge in [-0.3, -0.25) is 0 Å². The smallest absolute Gasteiger partial charge is 0.160 e. The predicted octanol–water partition coefficient (Wildman–Crippen LogP) is 2.71. The molecular weight excluding hydrogens is 212 g/mol. The van der Waals surface area contributed by atoms with Crippen LogP contribution in [0.15, 0.2) is 40.5 Å². The van der Waals surface area contributed by atoms with Gasteiger partial charge in [-0.1, -0.05) is 29.8 Å². The van der Waals surface area contributed by atoms with Crippen LogP contribution in [-0.2, 0) is 0 Å². The molecule has 3 nitrogen and oxygen atoms in total. The lowest BCUT2D eigenvalue weighted by molar-refractivity contribution is -0.0467. The predicted molar refractivity (Wildman–Crippen MR) is 60.9 cm³/mol. The Balaban J connectivity index is 2.05. The van der Waals surface area contributed by atoms with Crippen LogP contribution in [0.1, 0.15) is 5.56 Å². The first-order valence-electron chi connectivity index (χ1n) is 4.66. The Morgan fingerprint density at radius 3 is 2.87 bits per heavy atom. The number of benzene rings is 1. The van der Waals surface area contributed by atoms with Crippen molar-refractivity contribution in [2.24, 2.45) is 5.10 Å². The molecule has 2 rings (SSSR count). The van der Waals surface area contributed by atoms with Gasteiger partial charge in [-0.15, -0.1) is 10.3 Å². The molecule has 15 heavy (non-hydrogen) atoms. The first-order chi connectivity index (χ1) is 7.25. The van der Waals surface area contributed by atoms with Crippen LogP contribution in [0.2, 0.25) is 0 Å². The van der Waals surface area contributed by atoms with Crippen LogP contribution in [0.5, 0.6) is 5.75 Å². The Labute approximate surface area is 93.6 Å². The second kappa shape index (κ2) is 4.36. The van der Waals surface area contributed by atoms with Gasteiger partial charge in [-0.2, -0.15) is 0 Å². The third kappa shape index (κ3) is 2.50. The van der Waals surface area contributed by atoms with Crippen molar-refractivity contribution in [2.75, 3.05) is 6.54 Å². The standard InChI is InChI=1S/C11H11ClN2O/c1-9-4-2-3-5-11(9)15-14-7-6-10(12)8-13-14/h2-6,8H,7H2,1H3. The molecule has 0 amide bonds. The first kappa shape index (κ1) is 10.1. The quantitative estimate of drug-likeness (QED) is 0.769. The number of hydroxylamine groups is 1. The number of hydrogen-bond donors (Lipinski definition) is 0. The maximum absolute atomic E-state index is 5.75. The number of rotatable bonds is 2. The van der Waals surface area contributed by atoms with Crippen LogP contribution in [0, 0.1) is 6.92 Å². The summed E-state index contributed by atoms with van der Waals surface area (Å²) in [6.45, 7) is 2.55. The number of hydrogen-bond acceptors (Lipinski definition) is 3. The number of nitrogens with zero attached hydrogens (tertiary/aromatic N) is 2. The van der Waals surface area contributed by atoms with E-state index in [1.807, 2.05) is 37.3 Å². The van der Waals surface area contributed by atoms with E-state index in [2.05, 4.69) is 5.10 Å². The fourth-order valence-electron chi connectivity index (χ4n) is 1.22. The van der Waals surface area contributed by atoms with Crippen molar-refractivity contribution >= 4 is 17.8 Å². The normalized spacial score (nSPS) is 15.1. The summed E-state index contributed by atoms with van der Waals surface area (Å²) in [6, 6.07) is 7.80. The van der Waals surface area contributed by atoms with Crippen LogP contribution in [0.4, 0.5) is 0 Å². The zero-order chi connectivity index (χ0) is 10.7. The van der Waals surface area contributed by atoms with E-state index in [9.17, 15) is 0 Å². The monoisotopic (exact) mass is 222 g/mol. The average molecular weight is 223 g/mol. The molecule has 1 aliphatic heterocycles. The topological polar surface area (TPSA) is 24.8 Å². The summed E-state index contributed by atoms with van der Waals surface area (Å²) < 4.78 is 0. The van der Waals surface area contributed by atoms with Gasteiger partial charge < -0.3 is 4.84 Å². The maximum atomic E-state index is 5.75. The van der Waals surface area contributed by atoms with E-state index in [1.165, 1.54) is 5.17 Å². The van der Waals surface area contributed by atoms with Gasteiger partial charge >= 0.3 is 0 Å². The fraction of sp³-hybridized carbons (Fsp3) is 0.182. The number of aryl methyl sites for hydroxylation is 1. The largest absolute Gasteiger partial charge is 0.362 e. The third-order valence-electron chi connectivity index (χ3n) is 2.05. The molecule has 1 heterocycles. The second-order valence-electron chi connectivity index (χ2n) is 3.23. The highest BCUT2D eigenvalue weighted by Gasteiger charge is 2.07. The average Bonchev–Trinajstić information content (AvgIpc) is 2.25. The molecule has 0 aromatic heterocycles. The molecule has 0 spiro atoms. The molecular formula is C11H11ClN2O. The van der Waals surface area contributed by atoms with Gasteiger partial charge in [-0.05, 0) is 24.6 Å². The molecule has 0 N–H and O–H groups in total. The third-order valence-corrected chi connectivity index (χ3v) is 2.30. The van der Waals surface area contributed by atoms with Crippen molar-refractivity contribution in [3.63, 3.8) is 0 Å². The highest BCUT2D eigenvalue weighted by molar-refractivity contribution is 6.39. The Kier molecular flexibility index (Phi) is 2.92. The molecule has 1 aromatic carbocycles. The molecule has 0 atom stereocenters. The molecule has 0 saturated carbocycles. The van der Waals surface area contributed by atoms with E-state index >= 15 is 0 Å². The first-order valence-corrected chi connectivity index (χ1v) is 5.04. The summed E-state index contributed by atoms with van der Waals surface area (Å²) >= 11 is 5.75. The molecule has 1 aliphatic rings. The van der Waals surface area contributed by atoms with Crippen molar-refractivity contribution in [1.29, 1.82) is 0 Å². The molecule has 0 aliphatic carbocycles. The number of allylic oxidation sites excluding steroid dienone is 1. The van der Waals surface area contributed by atoms with Gasteiger partial charge in [-0.25, -0.2) is 0 Å². The Morgan fingerprint density at radius 2 is 2.20 bits per heavy atom. The highest BCUT2D eigenvalue weighted by Crippen LogP contribution is 2.18. The van der Waals surface area contributed by atoms with Gasteiger partial charge in [0.1, 0.15) is 0 Å². The zero-order valence-electron chi connectivity index (χ0n) is 8.35. The van der Waals surface area contributed by atoms with E-state index in [0.29, 0.717) is 11.6 Å². The second-order valence-corrected chi connectivity index (χ2v) is 3.66. The van der Waals surface area contributed by atoms with Gasteiger partial charge in [0.05, 0.1) is 17.8 Å². The highest BCUT2D eigenvalue weighted by atomic mass is 35.5.